The standard InChI is InChI=1S/C20H26N6/c1-14(2)24-19-12-15(5-8-22-19)18-11-16-13-21-7-6-17(16)20(25-18)23-9-10-26(3)4/h5-8,11-14H,9-10H2,1-4H3,(H,22,24)(H,23,25). The second kappa shape index (κ2) is 8.10. The predicted octanol–water partition coefficient (Wildman–Crippen LogP) is 3.49. The Morgan fingerprint density at radius 1 is 1.12 bits per heavy atom. The van der Waals surface area contributed by atoms with E-state index in [9.17, 15) is 0 Å². The lowest BCUT2D eigenvalue weighted by atomic mass is 10.1. The molecule has 3 heterocycles. The van der Waals surface area contributed by atoms with Crippen LogP contribution in [0.3, 0.4) is 0 Å². The highest BCUT2D eigenvalue weighted by atomic mass is 15.1. The van der Waals surface area contributed by atoms with Crippen LogP contribution < -0.4 is 10.6 Å². The lowest BCUT2D eigenvalue weighted by molar-refractivity contribution is 0.425. The molecule has 3 rings (SSSR count). The number of rotatable bonds is 7. The van der Waals surface area contributed by atoms with Crippen LogP contribution in [0.4, 0.5) is 11.6 Å². The molecule has 0 aromatic carbocycles. The maximum Gasteiger partial charge on any atom is 0.134 e. The van der Waals surface area contributed by atoms with Crippen molar-refractivity contribution in [2.75, 3.05) is 37.8 Å². The Morgan fingerprint density at radius 3 is 2.73 bits per heavy atom. The second-order valence-electron chi connectivity index (χ2n) is 6.91. The van der Waals surface area contributed by atoms with Crippen molar-refractivity contribution in [1.29, 1.82) is 0 Å². The number of nitrogens with zero attached hydrogens (tertiary/aromatic N) is 4. The van der Waals surface area contributed by atoms with Gasteiger partial charge in [-0.05, 0) is 52.2 Å². The van der Waals surface area contributed by atoms with Crippen LogP contribution >= 0.6 is 0 Å². The first-order valence-electron chi connectivity index (χ1n) is 8.89. The number of pyridine rings is 3. The Labute approximate surface area is 154 Å². The number of hydrogen-bond donors (Lipinski definition) is 2. The number of fused-ring (bicyclic) bond motifs is 1. The first-order chi connectivity index (χ1) is 12.5. The van der Waals surface area contributed by atoms with Crippen molar-refractivity contribution in [3.63, 3.8) is 0 Å². The molecule has 0 saturated carbocycles. The number of anilines is 2. The fraction of sp³-hybridized carbons (Fsp3) is 0.350. The average molecular weight is 350 g/mol. The zero-order chi connectivity index (χ0) is 18.5. The third-order valence-electron chi connectivity index (χ3n) is 3.98. The Kier molecular flexibility index (Phi) is 5.63. The van der Waals surface area contributed by atoms with Gasteiger partial charge in [0.2, 0.25) is 0 Å². The lowest BCUT2D eigenvalue weighted by Gasteiger charge is -2.14. The highest BCUT2D eigenvalue weighted by molar-refractivity contribution is 5.94. The molecule has 0 unspecified atom stereocenters. The molecule has 136 valence electrons. The summed E-state index contributed by atoms with van der Waals surface area (Å²) in [7, 11) is 4.13. The summed E-state index contributed by atoms with van der Waals surface area (Å²) in [6.07, 6.45) is 5.50. The molecule has 0 saturated heterocycles. The van der Waals surface area contributed by atoms with Crippen molar-refractivity contribution in [1.82, 2.24) is 19.9 Å². The van der Waals surface area contributed by atoms with Crippen LogP contribution in [-0.4, -0.2) is 53.1 Å². The highest BCUT2D eigenvalue weighted by Gasteiger charge is 2.09. The van der Waals surface area contributed by atoms with Crippen LogP contribution in [0.25, 0.3) is 22.0 Å². The van der Waals surface area contributed by atoms with Crippen LogP contribution in [-0.2, 0) is 0 Å². The number of hydrogen-bond acceptors (Lipinski definition) is 6. The normalized spacial score (nSPS) is 11.3. The average Bonchev–Trinajstić information content (AvgIpc) is 2.61. The van der Waals surface area contributed by atoms with Gasteiger partial charge in [0.15, 0.2) is 0 Å². The molecule has 0 bridgehead atoms. The Balaban J connectivity index is 1.98. The molecule has 2 N–H and O–H groups in total. The number of aromatic nitrogens is 3. The van der Waals surface area contributed by atoms with Gasteiger partial charge >= 0.3 is 0 Å². The largest absolute Gasteiger partial charge is 0.368 e. The van der Waals surface area contributed by atoms with Crippen molar-refractivity contribution >= 4 is 22.4 Å². The van der Waals surface area contributed by atoms with Crippen molar-refractivity contribution < 1.29 is 0 Å². The second-order valence-corrected chi connectivity index (χ2v) is 6.91. The third-order valence-corrected chi connectivity index (χ3v) is 3.98. The quantitative estimate of drug-likeness (QED) is 0.680. The molecule has 3 aromatic heterocycles. The fourth-order valence-corrected chi connectivity index (χ4v) is 2.74. The molecule has 6 heteroatoms. The molecular formula is C20H26N6. The Bertz CT molecular complexity index is 875. The van der Waals surface area contributed by atoms with Crippen LogP contribution in [0.15, 0.2) is 42.9 Å². The van der Waals surface area contributed by atoms with Crippen LogP contribution in [0.1, 0.15) is 13.8 Å². The summed E-state index contributed by atoms with van der Waals surface area (Å²) in [6.45, 7) is 5.97. The number of nitrogens with one attached hydrogen (secondary N) is 2. The van der Waals surface area contributed by atoms with Gasteiger partial charge in [-0.3, -0.25) is 4.98 Å². The van der Waals surface area contributed by atoms with E-state index in [4.69, 9.17) is 4.98 Å². The summed E-state index contributed by atoms with van der Waals surface area (Å²) < 4.78 is 0. The van der Waals surface area contributed by atoms with Crippen LogP contribution in [0.5, 0.6) is 0 Å². The molecule has 0 spiro atoms. The predicted molar refractivity (Wildman–Crippen MR) is 109 cm³/mol. The smallest absolute Gasteiger partial charge is 0.134 e. The van der Waals surface area contributed by atoms with Gasteiger partial charge in [-0.15, -0.1) is 0 Å². The minimum atomic E-state index is 0.328. The van der Waals surface area contributed by atoms with E-state index in [2.05, 4.69) is 59.5 Å². The van der Waals surface area contributed by atoms with E-state index in [1.54, 1.807) is 6.20 Å². The number of likely N-dealkylation sites (N-methyl/N-ethyl adjacent to an activating group) is 1. The molecule has 26 heavy (non-hydrogen) atoms. The molecule has 3 aromatic rings. The van der Waals surface area contributed by atoms with E-state index in [0.717, 1.165) is 46.8 Å². The topological polar surface area (TPSA) is 66.0 Å². The van der Waals surface area contributed by atoms with Gasteiger partial charge in [-0.2, -0.15) is 0 Å². The fourth-order valence-electron chi connectivity index (χ4n) is 2.74. The SMILES string of the molecule is CC(C)Nc1cc(-c2cc3cnccc3c(NCCN(C)C)n2)ccn1. The van der Waals surface area contributed by atoms with Gasteiger partial charge in [0.25, 0.3) is 0 Å². The van der Waals surface area contributed by atoms with E-state index >= 15 is 0 Å². The summed E-state index contributed by atoms with van der Waals surface area (Å²) in [5.74, 6) is 1.74. The molecule has 0 aliphatic rings. The minimum absolute atomic E-state index is 0.328. The summed E-state index contributed by atoms with van der Waals surface area (Å²) >= 11 is 0. The highest BCUT2D eigenvalue weighted by Crippen LogP contribution is 2.28. The minimum Gasteiger partial charge on any atom is -0.368 e. The van der Waals surface area contributed by atoms with Gasteiger partial charge in [-0.25, -0.2) is 9.97 Å². The van der Waals surface area contributed by atoms with E-state index in [-0.39, 0.29) is 0 Å². The maximum absolute atomic E-state index is 4.88. The Morgan fingerprint density at radius 2 is 1.96 bits per heavy atom. The van der Waals surface area contributed by atoms with Gasteiger partial charge in [0.1, 0.15) is 11.6 Å². The summed E-state index contributed by atoms with van der Waals surface area (Å²) in [4.78, 5) is 15.7. The summed E-state index contributed by atoms with van der Waals surface area (Å²) in [6, 6.07) is 8.43. The van der Waals surface area contributed by atoms with E-state index in [1.165, 1.54) is 0 Å². The molecule has 0 radical (unpaired) electrons. The van der Waals surface area contributed by atoms with Crippen molar-refractivity contribution in [3.05, 3.63) is 42.9 Å². The van der Waals surface area contributed by atoms with Crippen molar-refractivity contribution in [2.45, 2.75) is 19.9 Å². The van der Waals surface area contributed by atoms with Gasteiger partial charge < -0.3 is 15.5 Å². The molecular weight excluding hydrogens is 324 g/mol. The van der Waals surface area contributed by atoms with Gasteiger partial charge in [0, 0.05) is 54.1 Å². The van der Waals surface area contributed by atoms with Gasteiger partial charge in [-0.1, -0.05) is 0 Å². The zero-order valence-electron chi connectivity index (χ0n) is 15.8. The molecule has 0 fully saturated rings. The third kappa shape index (κ3) is 4.46. The van der Waals surface area contributed by atoms with E-state index < -0.39 is 0 Å². The lowest BCUT2D eigenvalue weighted by Crippen LogP contribution is -2.21. The summed E-state index contributed by atoms with van der Waals surface area (Å²) in [5, 5.41) is 8.96. The Hall–Kier alpha value is -2.73. The van der Waals surface area contributed by atoms with E-state index in [1.807, 2.05) is 30.6 Å². The van der Waals surface area contributed by atoms with E-state index in [0.29, 0.717) is 6.04 Å². The zero-order valence-corrected chi connectivity index (χ0v) is 15.8. The molecule has 0 atom stereocenters. The van der Waals surface area contributed by atoms with Crippen LogP contribution in [0.2, 0.25) is 0 Å². The van der Waals surface area contributed by atoms with Gasteiger partial charge in [0.05, 0.1) is 5.69 Å². The molecule has 0 aliphatic carbocycles. The molecule has 6 nitrogen and oxygen atoms in total. The molecule has 0 aliphatic heterocycles. The first kappa shape index (κ1) is 18.1. The molecule has 0 amide bonds. The van der Waals surface area contributed by atoms with Crippen molar-refractivity contribution in [3.8, 4) is 11.3 Å². The first-order valence-corrected chi connectivity index (χ1v) is 8.89. The monoisotopic (exact) mass is 350 g/mol. The maximum atomic E-state index is 4.88. The van der Waals surface area contributed by atoms with Crippen LogP contribution in [0, 0.1) is 0 Å². The summed E-state index contributed by atoms with van der Waals surface area (Å²) in [5.41, 5.74) is 1.94. The van der Waals surface area contributed by atoms with Crippen molar-refractivity contribution in [2.24, 2.45) is 0 Å².